The predicted octanol–water partition coefficient (Wildman–Crippen LogP) is 1.76. The first-order valence-corrected chi connectivity index (χ1v) is 8.75. The summed E-state index contributed by atoms with van der Waals surface area (Å²) in [6, 6.07) is 10.4. The van der Waals surface area contributed by atoms with Gasteiger partial charge in [-0.1, -0.05) is 18.2 Å². The summed E-state index contributed by atoms with van der Waals surface area (Å²) in [7, 11) is 0. The summed E-state index contributed by atoms with van der Waals surface area (Å²) in [6.07, 6.45) is 0. The molecule has 25 heavy (non-hydrogen) atoms. The third-order valence-electron chi connectivity index (χ3n) is 5.15. The number of fused-ring (bicyclic) bond motifs is 4. The standard InChI is InChI=1S/C19H23N3O3/c1-13-6-18(20-17-5-3-2-4-16(13)17)22-8-14-7-21(10-19(23)24)15(9-22)12-25-11-14/h2-6,14-15H,7-12H2,1H3,(H,23,24)/t14-,15+/m1/s1. The van der Waals surface area contributed by atoms with E-state index in [1.807, 2.05) is 23.1 Å². The second-order valence-corrected chi connectivity index (χ2v) is 7.10. The fourth-order valence-corrected chi connectivity index (χ4v) is 3.98. The van der Waals surface area contributed by atoms with Crippen molar-refractivity contribution in [3.8, 4) is 0 Å². The fraction of sp³-hybridized carbons (Fsp3) is 0.474. The van der Waals surface area contributed by atoms with E-state index < -0.39 is 5.97 Å². The number of aliphatic carboxylic acids is 1. The van der Waals surface area contributed by atoms with Crippen molar-refractivity contribution in [1.82, 2.24) is 9.88 Å². The summed E-state index contributed by atoms with van der Waals surface area (Å²) < 4.78 is 5.77. The Morgan fingerprint density at radius 1 is 1.28 bits per heavy atom. The van der Waals surface area contributed by atoms with E-state index in [1.54, 1.807) is 0 Å². The number of aromatic nitrogens is 1. The highest BCUT2D eigenvalue weighted by atomic mass is 16.5. The Bertz CT molecular complexity index is 795. The summed E-state index contributed by atoms with van der Waals surface area (Å²) in [5.41, 5.74) is 2.22. The molecule has 2 atom stereocenters. The number of benzene rings is 1. The molecule has 0 unspecified atom stereocenters. The molecule has 0 saturated carbocycles. The van der Waals surface area contributed by atoms with Gasteiger partial charge in [0.05, 0.1) is 31.3 Å². The first kappa shape index (κ1) is 16.3. The zero-order valence-electron chi connectivity index (χ0n) is 14.4. The van der Waals surface area contributed by atoms with E-state index in [0.29, 0.717) is 19.1 Å². The van der Waals surface area contributed by atoms with Crippen molar-refractivity contribution in [1.29, 1.82) is 0 Å². The van der Waals surface area contributed by atoms with Crippen LogP contribution < -0.4 is 4.90 Å². The Balaban J connectivity index is 1.66. The Kier molecular flexibility index (Phi) is 4.31. The second-order valence-electron chi connectivity index (χ2n) is 7.10. The zero-order valence-corrected chi connectivity index (χ0v) is 14.4. The maximum atomic E-state index is 11.2. The van der Waals surface area contributed by atoms with Gasteiger partial charge >= 0.3 is 5.97 Å². The van der Waals surface area contributed by atoms with Gasteiger partial charge < -0.3 is 14.7 Å². The number of rotatable bonds is 3. The summed E-state index contributed by atoms with van der Waals surface area (Å²) in [5, 5.41) is 10.4. The molecule has 0 amide bonds. The zero-order chi connectivity index (χ0) is 17.4. The van der Waals surface area contributed by atoms with Crippen LogP contribution in [-0.2, 0) is 9.53 Å². The molecule has 0 spiro atoms. The van der Waals surface area contributed by atoms with Gasteiger partial charge in [-0.25, -0.2) is 4.98 Å². The van der Waals surface area contributed by atoms with Crippen LogP contribution in [0.15, 0.2) is 30.3 Å². The van der Waals surface area contributed by atoms with E-state index >= 15 is 0 Å². The normalized spacial score (nSPS) is 24.3. The number of carboxylic acids is 1. The molecule has 2 saturated heterocycles. The highest BCUT2D eigenvalue weighted by Crippen LogP contribution is 2.27. The third-order valence-corrected chi connectivity index (χ3v) is 5.15. The van der Waals surface area contributed by atoms with E-state index in [9.17, 15) is 9.90 Å². The molecule has 6 nitrogen and oxygen atoms in total. The molecule has 3 heterocycles. The Morgan fingerprint density at radius 3 is 2.96 bits per heavy atom. The van der Waals surface area contributed by atoms with Gasteiger partial charge in [-0.3, -0.25) is 9.69 Å². The molecule has 2 aliphatic heterocycles. The number of hydrogen-bond donors (Lipinski definition) is 1. The average molecular weight is 341 g/mol. The van der Waals surface area contributed by atoms with Crippen molar-refractivity contribution in [2.45, 2.75) is 13.0 Å². The minimum Gasteiger partial charge on any atom is -0.480 e. The number of hydrogen-bond acceptors (Lipinski definition) is 5. The minimum absolute atomic E-state index is 0.0720. The molecular formula is C19H23N3O3. The lowest BCUT2D eigenvalue weighted by Crippen LogP contribution is -2.45. The number of carbonyl (C=O) groups is 1. The molecule has 2 aliphatic rings. The van der Waals surface area contributed by atoms with Gasteiger partial charge in [0.25, 0.3) is 0 Å². The van der Waals surface area contributed by atoms with Crippen molar-refractivity contribution in [2.75, 3.05) is 44.3 Å². The number of aryl methyl sites for hydroxylation is 1. The third kappa shape index (κ3) is 3.32. The Labute approximate surface area is 147 Å². The Morgan fingerprint density at radius 2 is 2.12 bits per heavy atom. The van der Waals surface area contributed by atoms with Gasteiger partial charge in [-0.05, 0) is 24.6 Å². The molecule has 6 heteroatoms. The van der Waals surface area contributed by atoms with Gasteiger partial charge in [0, 0.05) is 30.9 Å². The lowest BCUT2D eigenvalue weighted by Gasteiger charge is -2.31. The van der Waals surface area contributed by atoms with Crippen molar-refractivity contribution in [3.63, 3.8) is 0 Å². The number of nitrogens with zero attached hydrogens (tertiary/aromatic N) is 3. The van der Waals surface area contributed by atoms with Crippen LogP contribution in [0.2, 0.25) is 0 Å². The van der Waals surface area contributed by atoms with E-state index in [-0.39, 0.29) is 12.6 Å². The lowest BCUT2D eigenvalue weighted by atomic mass is 10.1. The van der Waals surface area contributed by atoms with Gasteiger partial charge in [0.2, 0.25) is 0 Å². The molecule has 0 aliphatic carbocycles. The summed E-state index contributed by atoms with van der Waals surface area (Å²) in [6.45, 7) is 5.79. The quantitative estimate of drug-likeness (QED) is 0.918. The molecule has 2 bridgehead atoms. The summed E-state index contributed by atoms with van der Waals surface area (Å²) in [5.74, 6) is 0.490. The van der Waals surface area contributed by atoms with Crippen LogP contribution in [0.1, 0.15) is 5.56 Å². The average Bonchev–Trinajstić information content (AvgIpc) is 2.84. The molecular weight excluding hydrogens is 318 g/mol. The van der Waals surface area contributed by atoms with Crippen LogP contribution >= 0.6 is 0 Å². The van der Waals surface area contributed by atoms with Gasteiger partial charge in [0.1, 0.15) is 5.82 Å². The first-order chi connectivity index (χ1) is 12.1. The molecule has 132 valence electrons. The molecule has 1 aromatic carbocycles. The van der Waals surface area contributed by atoms with E-state index in [2.05, 4.69) is 24.0 Å². The van der Waals surface area contributed by atoms with E-state index in [1.165, 1.54) is 10.9 Å². The molecule has 2 aromatic rings. The number of anilines is 1. The minimum atomic E-state index is -0.779. The van der Waals surface area contributed by atoms with E-state index in [0.717, 1.165) is 31.0 Å². The summed E-state index contributed by atoms with van der Waals surface area (Å²) >= 11 is 0. The topological polar surface area (TPSA) is 65.9 Å². The van der Waals surface area contributed by atoms with Crippen LogP contribution in [0.3, 0.4) is 0 Å². The molecule has 1 N–H and O–H groups in total. The van der Waals surface area contributed by atoms with Crippen LogP contribution in [0.4, 0.5) is 5.82 Å². The van der Waals surface area contributed by atoms with Gasteiger partial charge in [-0.2, -0.15) is 0 Å². The number of ether oxygens (including phenoxy) is 1. The van der Waals surface area contributed by atoms with Crippen molar-refractivity contribution < 1.29 is 14.6 Å². The second kappa shape index (κ2) is 6.61. The smallest absolute Gasteiger partial charge is 0.317 e. The molecule has 1 aromatic heterocycles. The molecule has 4 rings (SSSR count). The number of carboxylic acid groups (broad SMARTS) is 1. The van der Waals surface area contributed by atoms with Crippen LogP contribution in [-0.4, -0.2) is 66.4 Å². The SMILES string of the molecule is Cc1cc(N2C[C@@H]3COC[C@H](C2)N(CC(=O)O)C3)nc2ccccc12. The van der Waals surface area contributed by atoms with Crippen LogP contribution in [0.5, 0.6) is 0 Å². The largest absolute Gasteiger partial charge is 0.480 e. The Hall–Kier alpha value is -2.18. The fourth-order valence-electron chi connectivity index (χ4n) is 3.98. The monoisotopic (exact) mass is 341 g/mol. The maximum Gasteiger partial charge on any atom is 0.317 e. The highest BCUT2D eigenvalue weighted by molar-refractivity contribution is 5.83. The maximum absolute atomic E-state index is 11.2. The predicted molar refractivity (Wildman–Crippen MR) is 96.0 cm³/mol. The highest BCUT2D eigenvalue weighted by Gasteiger charge is 2.34. The van der Waals surface area contributed by atoms with Crippen molar-refractivity contribution >= 4 is 22.7 Å². The van der Waals surface area contributed by atoms with E-state index in [4.69, 9.17) is 9.72 Å². The number of pyridine rings is 1. The van der Waals surface area contributed by atoms with Crippen LogP contribution in [0.25, 0.3) is 10.9 Å². The molecule has 0 radical (unpaired) electrons. The van der Waals surface area contributed by atoms with Crippen molar-refractivity contribution in [2.24, 2.45) is 5.92 Å². The van der Waals surface area contributed by atoms with Gasteiger partial charge in [-0.15, -0.1) is 0 Å². The molecule has 2 fully saturated rings. The number of para-hydroxylation sites is 1. The lowest BCUT2D eigenvalue weighted by molar-refractivity contribution is -0.138. The first-order valence-electron chi connectivity index (χ1n) is 8.75. The van der Waals surface area contributed by atoms with Crippen molar-refractivity contribution in [3.05, 3.63) is 35.9 Å². The van der Waals surface area contributed by atoms with Gasteiger partial charge in [0.15, 0.2) is 0 Å². The summed E-state index contributed by atoms with van der Waals surface area (Å²) in [4.78, 5) is 20.4. The van der Waals surface area contributed by atoms with Crippen LogP contribution in [0, 0.1) is 12.8 Å².